The van der Waals surface area contributed by atoms with Gasteiger partial charge in [0, 0.05) is 6.54 Å². The maximum absolute atomic E-state index is 6.11. The lowest BCUT2D eigenvalue weighted by Gasteiger charge is -2.15. The summed E-state index contributed by atoms with van der Waals surface area (Å²) >= 11 is 11.9. The van der Waals surface area contributed by atoms with Gasteiger partial charge in [-0.15, -0.1) is 0 Å². The van der Waals surface area contributed by atoms with E-state index < -0.39 is 0 Å². The molecule has 0 atom stereocenters. The third kappa shape index (κ3) is 1.55. The van der Waals surface area contributed by atoms with Crippen LogP contribution in [0.1, 0.15) is 18.5 Å². The Labute approximate surface area is 103 Å². The smallest absolute Gasteiger partial charge is 0.194 e. The van der Waals surface area contributed by atoms with Gasteiger partial charge in [-0.3, -0.25) is 0 Å². The summed E-state index contributed by atoms with van der Waals surface area (Å²) in [4.78, 5) is 4.35. The van der Waals surface area contributed by atoms with Gasteiger partial charge in [-0.05, 0) is 43.0 Å². The van der Waals surface area contributed by atoms with Crippen molar-refractivity contribution < 1.29 is 4.42 Å². The van der Waals surface area contributed by atoms with Crippen molar-refractivity contribution in [1.82, 2.24) is 9.55 Å². The van der Waals surface area contributed by atoms with Gasteiger partial charge in [0.25, 0.3) is 0 Å². The second-order valence-electron chi connectivity index (χ2n) is 3.89. The molecule has 0 fully saturated rings. The Morgan fingerprint density at radius 1 is 1.25 bits per heavy atom. The number of furan rings is 1. The molecule has 0 aliphatic carbocycles. The first-order valence-corrected chi connectivity index (χ1v) is 6.02. The fourth-order valence-corrected chi connectivity index (χ4v) is 2.54. The predicted molar refractivity (Wildman–Crippen MR) is 62.9 cm³/mol. The molecule has 2 aromatic heterocycles. The molecule has 3 nitrogen and oxygen atoms in total. The number of rotatable bonds is 1. The van der Waals surface area contributed by atoms with E-state index in [2.05, 4.69) is 9.55 Å². The van der Waals surface area contributed by atoms with E-state index in [0.717, 1.165) is 30.9 Å². The number of imidazole rings is 1. The minimum Gasteiger partial charge on any atom is -0.441 e. The third-order valence-electron chi connectivity index (χ3n) is 2.86. The zero-order valence-electron chi connectivity index (χ0n) is 8.54. The Balaban J connectivity index is 2.14. The Bertz CT molecular complexity index is 530. The molecular formula is C11H10Cl2N2O. The molecule has 84 valence electrons. The van der Waals surface area contributed by atoms with E-state index >= 15 is 0 Å². The summed E-state index contributed by atoms with van der Waals surface area (Å²) in [6, 6.07) is 3.54. The number of hydrogen-bond donors (Lipinski definition) is 0. The molecular weight excluding hydrogens is 247 g/mol. The highest BCUT2D eigenvalue weighted by Gasteiger charge is 2.21. The second kappa shape index (κ2) is 3.82. The molecule has 1 aliphatic rings. The van der Waals surface area contributed by atoms with Crippen LogP contribution in [0.5, 0.6) is 0 Å². The fourth-order valence-electron chi connectivity index (χ4n) is 2.12. The molecule has 0 saturated carbocycles. The van der Waals surface area contributed by atoms with Crippen molar-refractivity contribution >= 4 is 23.2 Å². The molecule has 0 bridgehead atoms. The third-order valence-corrected chi connectivity index (χ3v) is 3.37. The van der Waals surface area contributed by atoms with Crippen molar-refractivity contribution in [2.24, 2.45) is 0 Å². The van der Waals surface area contributed by atoms with Crippen LogP contribution in [-0.4, -0.2) is 9.55 Å². The first kappa shape index (κ1) is 10.2. The van der Waals surface area contributed by atoms with Crippen LogP contribution in [0.4, 0.5) is 0 Å². The van der Waals surface area contributed by atoms with E-state index in [4.69, 9.17) is 27.6 Å². The van der Waals surface area contributed by atoms with Crippen molar-refractivity contribution in [3.63, 3.8) is 0 Å². The van der Waals surface area contributed by atoms with E-state index in [1.807, 2.05) is 6.07 Å². The molecule has 0 saturated heterocycles. The van der Waals surface area contributed by atoms with Crippen molar-refractivity contribution in [3.05, 3.63) is 28.2 Å². The van der Waals surface area contributed by atoms with Gasteiger partial charge >= 0.3 is 0 Å². The molecule has 5 heteroatoms. The van der Waals surface area contributed by atoms with E-state index in [1.165, 1.54) is 6.42 Å². The molecule has 2 aromatic rings. The largest absolute Gasteiger partial charge is 0.441 e. The summed E-state index contributed by atoms with van der Waals surface area (Å²) in [5.74, 6) is 1.46. The summed E-state index contributed by atoms with van der Waals surface area (Å²) in [5, 5.41) is 0.960. The van der Waals surface area contributed by atoms with Crippen LogP contribution in [0.25, 0.3) is 11.6 Å². The van der Waals surface area contributed by atoms with Crippen LogP contribution in [-0.2, 0) is 13.0 Å². The topological polar surface area (TPSA) is 31.0 Å². The first-order valence-electron chi connectivity index (χ1n) is 5.26. The summed E-state index contributed by atoms with van der Waals surface area (Å²) < 4.78 is 7.50. The Morgan fingerprint density at radius 3 is 2.88 bits per heavy atom. The molecule has 0 unspecified atom stereocenters. The van der Waals surface area contributed by atoms with Crippen molar-refractivity contribution in [1.29, 1.82) is 0 Å². The highest BCUT2D eigenvalue weighted by Crippen LogP contribution is 2.31. The second-order valence-corrected chi connectivity index (χ2v) is 4.62. The maximum atomic E-state index is 6.11. The van der Waals surface area contributed by atoms with Crippen LogP contribution in [0, 0.1) is 0 Å². The van der Waals surface area contributed by atoms with Gasteiger partial charge in [-0.1, -0.05) is 11.6 Å². The Kier molecular flexibility index (Phi) is 2.45. The van der Waals surface area contributed by atoms with E-state index in [1.54, 1.807) is 6.07 Å². The van der Waals surface area contributed by atoms with Crippen LogP contribution in [0.15, 0.2) is 16.5 Å². The van der Waals surface area contributed by atoms with Crippen molar-refractivity contribution in [2.45, 2.75) is 25.8 Å². The number of fused-ring (bicyclic) bond motifs is 1. The van der Waals surface area contributed by atoms with Gasteiger partial charge in [0.05, 0.1) is 5.69 Å². The number of nitrogens with zero attached hydrogens (tertiary/aromatic N) is 2. The molecule has 0 amide bonds. The van der Waals surface area contributed by atoms with Gasteiger partial charge < -0.3 is 8.98 Å². The van der Waals surface area contributed by atoms with Crippen LogP contribution >= 0.6 is 23.2 Å². The summed E-state index contributed by atoms with van der Waals surface area (Å²) in [6.07, 6.45) is 3.31. The monoisotopic (exact) mass is 256 g/mol. The van der Waals surface area contributed by atoms with Gasteiger partial charge in [0.1, 0.15) is 0 Å². The maximum Gasteiger partial charge on any atom is 0.194 e. The first-order chi connectivity index (χ1) is 7.75. The van der Waals surface area contributed by atoms with Crippen molar-refractivity contribution in [2.75, 3.05) is 0 Å². The molecule has 0 N–H and O–H groups in total. The SMILES string of the molecule is Clc1ccc(-c2nc(Cl)c3n2CCCC3)o1. The normalized spacial score (nSPS) is 15.1. The van der Waals surface area contributed by atoms with E-state index in [9.17, 15) is 0 Å². The fraction of sp³-hybridized carbons (Fsp3) is 0.364. The zero-order chi connectivity index (χ0) is 11.1. The summed E-state index contributed by atoms with van der Waals surface area (Å²) in [5.41, 5.74) is 1.11. The molecule has 0 radical (unpaired) electrons. The number of hydrogen-bond acceptors (Lipinski definition) is 2. The van der Waals surface area contributed by atoms with Crippen molar-refractivity contribution in [3.8, 4) is 11.6 Å². The van der Waals surface area contributed by atoms with Gasteiger partial charge in [-0.25, -0.2) is 4.98 Å². The molecule has 16 heavy (non-hydrogen) atoms. The van der Waals surface area contributed by atoms with Gasteiger partial charge in [0.2, 0.25) is 0 Å². The van der Waals surface area contributed by atoms with E-state index in [-0.39, 0.29) is 0 Å². The van der Waals surface area contributed by atoms with Crippen LogP contribution in [0.3, 0.4) is 0 Å². The molecule has 3 rings (SSSR count). The Hall–Kier alpha value is -0.930. The molecule has 3 heterocycles. The average molecular weight is 257 g/mol. The molecule has 0 spiro atoms. The highest BCUT2D eigenvalue weighted by molar-refractivity contribution is 6.30. The van der Waals surface area contributed by atoms with Gasteiger partial charge in [0.15, 0.2) is 22.0 Å². The number of aromatic nitrogens is 2. The quantitative estimate of drug-likeness (QED) is 0.778. The minimum atomic E-state index is 0.374. The standard InChI is InChI=1S/C11H10Cl2N2O/c12-9-5-4-8(16-9)11-14-10(13)7-3-1-2-6-15(7)11/h4-5H,1-3,6H2. The van der Waals surface area contributed by atoms with Crippen LogP contribution in [0.2, 0.25) is 10.4 Å². The highest BCUT2D eigenvalue weighted by atomic mass is 35.5. The summed E-state index contributed by atoms with van der Waals surface area (Å²) in [6.45, 7) is 0.947. The lowest BCUT2D eigenvalue weighted by Crippen LogP contribution is -2.10. The van der Waals surface area contributed by atoms with Gasteiger partial charge in [-0.2, -0.15) is 0 Å². The zero-order valence-corrected chi connectivity index (χ0v) is 10.1. The number of halogens is 2. The minimum absolute atomic E-state index is 0.374. The van der Waals surface area contributed by atoms with E-state index in [0.29, 0.717) is 16.1 Å². The lowest BCUT2D eigenvalue weighted by molar-refractivity contribution is 0.521. The predicted octanol–water partition coefficient (Wildman–Crippen LogP) is 3.79. The van der Waals surface area contributed by atoms with Crippen LogP contribution < -0.4 is 0 Å². The summed E-state index contributed by atoms with van der Waals surface area (Å²) in [7, 11) is 0. The Morgan fingerprint density at radius 2 is 2.12 bits per heavy atom. The average Bonchev–Trinajstić information content (AvgIpc) is 2.84. The lowest BCUT2D eigenvalue weighted by atomic mass is 10.1. The molecule has 0 aromatic carbocycles. The molecule has 1 aliphatic heterocycles.